The molecular weight excluding hydrogens is 470 g/mol. The Morgan fingerprint density at radius 2 is 1.66 bits per heavy atom. The fraction of sp³-hybridized carbons (Fsp3) is 0.138. The molecule has 0 bridgehead atoms. The predicted molar refractivity (Wildman–Crippen MR) is 147 cm³/mol. The lowest BCUT2D eigenvalue weighted by Crippen LogP contribution is -2.19. The third kappa shape index (κ3) is 4.99. The van der Waals surface area contributed by atoms with Gasteiger partial charge in [-0.2, -0.15) is 0 Å². The highest BCUT2D eigenvalue weighted by Crippen LogP contribution is 2.43. The molecule has 174 valence electrons. The van der Waals surface area contributed by atoms with Gasteiger partial charge in [-0.05, 0) is 49.1 Å². The predicted octanol–water partition coefficient (Wildman–Crippen LogP) is 7.76. The van der Waals surface area contributed by atoms with Crippen LogP contribution in [0.25, 0.3) is 21.3 Å². The van der Waals surface area contributed by atoms with Crippen LogP contribution in [0.4, 0.5) is 5.69 Å². The topological polar surface area (TPSA) is 54.9 Å². The van der Waals surface area contributed by atoms with E-state index in [0.717, 1.165) is 48.7 Å². The average molecular weight is 496 g/mol. The molecule has 35 heavy (non-hydrogen) atoms. The smallest absolute Gasteiger partial charge is 0.242 e. The van der Waals surface area contributed by atoms with Gasteiger partial charge in [-0.15, -0.1) is 11.3 Å². The molecule has 0 saturated heterocycles. The molecule has 0 aliphatic carbocycles. The SMILES string of the molecule is Cc1ccc(-c2csc3ncnc(SC(C(=O)Nc4cc(C)ccc4C)c4ccccc4)c23)cc1. The highest BCUT2D eigenvalue weighted by atomic mass is 32.2. The van der Waals surface area contributed by atoms with E-state index in [9.17, 15) is 4.79 Å². The molecule has 0 saturated carbocycles. The molecule has 5 rings (SSSR count). The van der Waals surface area contributed by atoms with Crippen molar-refractivity contribution in [3.63, 3.8) is 0 Å². The van der Waals surface area contributed by atoms with Crippen molar-refractivity contribution >= 4 is 44.9 Å². The summed E-state index contributed by atoms with van der Waals surface area (Å²) >= 11 is 3.07. The number of benzene rings is 3. The van der Waals surface area contributed by atoms with Gasteiger partial charge < -0.3 is 5.32 Å². The number of hydrogen-bond acceptors (Lipinski definition) is 5. The molecule has 6 heteroatoms. The molecule has 1 N–H and O–H groups in total. The average Bonchev–Trinajstić information content (AvgIpc) is 3.31. The van der Waals surface area contributed by atoms with Gasteiger partial charge in [0.15, 0.2) is 0 Å². The number of thioether (sulfide) groups is 1. The number of hydrogen-bond donors (Lipinski definition) is 1. The van der Waals surface area contributed by atoms with Crippen LogP contribution in [0.5, 0.6) is 0 Å². The second-order valence-electron chi connectivity index (χ2n) is 8.59. The van der Waals surface area contributed by atoms with Crippen molar-refractivity contribution < 1.29 is 4.79 Å². The van der Waals surface area contributed by atoms with E-state index in [2.05, 4.69) is 57.9 Å². The second kappa shape index (κ2) is 10.0. The summed E-state index contributed by atoms with van der Waals surface area (Å²) in [6.07, 6.45) is 1.59. The van der Waals surface area contributed by atoms with Crippen molar-refractivity contribution in [3.8, 4) is 11.1 Å². The lowest BCUT2D eigenvalue weighted by atomic mass is 10.1. The summed E-state index contributed by atoms with van der Waals surface area (Å²) < 4.78 is 0. The second-order valence-corrected chi connectivity index (χ2v) is 10.5. The molecule has 0 spiro atoms. The first-order valence-electron chi connectivity index (χ1n) is 11.4. The first kappa shape index (κ1) is 23.3. The molecule has 2 aromatic heterocycles. The lowest BCUT2D eigenvalue weighted by molar-refractivity contribution is -0.115. The van der Waals surface area contributed by atoms with Crippen LogP contribution in [0.1, 0.15) is 27.5 Å². The lowest BCUT2D eigenvalue weighted by Gasteiger charge is -2.18. The van der Waals surface area contributed by atoms with E-state index in [1.165, 1.54) is 17.3 Å². The Bertz CT molecular complexity index is 1490. The minimum atomic E-state index is -0.472. The minimum Gasteiger partial charge on any atom is -0.325 e. The van der Waals surface area contributed by atoms with E-state index >= 15 is 0 Å². The third-order valence-electron chi connectivity index (χ3n) is 5.92. The molecule has 0 aliphatic heterocycles. The van der Waals surface area contributed by atoms with Crippen molar-refractivity contribution in [2.45, 2.75) is 31.0 Å². The van der Waals surface area contributed by atoms with E-state index in [0.29, 0.717) is 0 Å². The van der Waals surface area contributed by atoms with Gasteiger partial charge in [-0.25, -0.2) is 9.97 Å². The normalized spacial score (nSPS) is 12.0. The van der Waals surface area contributed by atoms with E-state index in [1.54, 1.807) is 17.7 Å². The summed E-state index contributed by atoms with van der Waals surface area (Å²) in [5.41, 5.74) is 7.33. The molecule has 1 atom stereocenters. The van der Waals surface area contributed by atoms with Gasteiger partial charge in [0.25, 0.3) is 0 Å². The quantitative estimate of drug-likeness (QED) is 0.193. The van der Waals surface area contributed by atoms with Crippen molar-refractivity contribution in [2.75, 3.05) is 5.32 Å². The summed E-state index contributed by atoms with van der Waals surface area (Å²) in [5, 5.41) is 6.61. The number of rotatable bonds is 6. The van der Waals surface area contributed by atoms with Gasteiger partial charge in [0.2, 0.25) is 5.91 Å². The number of amides is 1. The van der Waals surface area contributed by atoms with Gasteiger partial charge in [-0.1, -0.05) is 84.1 Å². The van der Waals surface area contributed by atoms with Crippen LogP contribution < -0.4 is 5.32 Å². The van der Waals surface area contributed by atoms with Gasteiger partial charge in [0, 0.05) is 16.6 Å². The Balaban J connectivity index is 1.55. The van der Waals surface area contributed by atoms with Crippen molar-refractivity contribution in [1.29, 1.82) is 0 Å². The number of anilines is 1. The largest absolute Gasteiger partial charge is 0.325 e. The summed E-state index contributed by atoms with van der Waals surface area (Å²) in [6, 6.07) is 24.4. The fourth-order valence-electron chi connectivity index (χ4n) is 3.96. The Kier molecular flexibility index (Phi) is 6.66. The van der Waals surface area contributed by atoms with Crippen LogP contribution >= 0.6 is 23.1 Å². The van der Waals surface area contributed by atoms with Crippen molar-refractivity contribution in [2.24, 2.45) is 0 Å². The maximum Gasteiger partial charge on any atom is 0.242 e. The molecule has 3 aromatic carbocycles. The molecular formula is C29H25N3OS2. The zero-order valence-corrected chi connectivity index (χ0v) is 21.4. The third-order valence-corrected chi connectivity index (χ3v) is 8.06. The van der Waals surface area contributed by atoms with E-state index in [-0.39, 0.29) is 5.91 Å². The molecule has 1 amide bonds. The molecule has 1 unspecified atom stereocenters. The number of carbonyl (C=O) groups excluding carboxylic acids is 1. The maximum absolute atomic E-state index is 13.7. The zero-order chi connectivity index (χ0) is 24.4. The van der Waals surface area contributed by atoms with Gasteiger partial charge >= 0.3 is 0 Å². The summed E-state index contributed by atoms with van der Waals surface area (Å²) in [5.74, 6) is -0.0752. The highest BCUT2D eigenvalue weighted by molar-refractivity contribution is 8.00. The number of nitrogens with one attached hydrogen (secondary N) is 1. The van der Waals surface area contributed by atoms with Crippen molar-refractivity contribution in [1.82, 2.24) is 9.97 Å². The van der Waals surface area contributed by atoms with Gasteiger partial charge in [0.05, 0.1) is 5.39 Å². The zero-order valence-electron chi connectivity index (χ0n) is 19.8. The number of thiophene rings is 1. The first-order valence-corrected chi connectivity index (χ1v) is 13.1. The highest BCUT2D eigenvalue weighted by Gasteiger charge is 2.25. The monoisotopic (exact) mass is 495 g/mol. The number of aryl methyl sites for hydroxylation is 3. The maximum atomic E-state index is 13.7. The van der Waals surface area contributed by atoms with Crippen LogP contribution in [0.15, 0.2) is 89.5 Å². The fourth-order valence-corrected chi connectivity index (χ4v) is 6.06. The van der Waals surface area contributed by atoms with Gasteiger partial charge in [0.1, 0.15) is 21.4 Å². The molecule has 0 aliphatic rings. The van der Waals surface area contributed by atoms with Crippen LogP contribution in [0.2, 0.25) is 0 Å². The van der Waals surface area contributed by atoms with E-state index < -0.39 is 5.25 Å². The summed E-state index contributed by atoms with van der Waals surface area (Å²) in [7, 11) is 0. The van der Waals surface area contributed by atoms with E-state index in [4.69, 9.17) is 0 Å². The minimum absolute atomic E-state index is 0.0752. The number of fused-ring (bicyclic) bond motifs is 1. The Morgan fingerprint density at radius 1 is 0.914 bits per heavy atom. The standard InChI is InChI=1S/C29H25N3OS2/c1-18-10-13-21(14-11-18)23-16-34-28-25(23)29(31-17-30-28)35-26(22-7-5-4-6-8-22)27(33)32-24-15-19(2)9-12-20(24)3/h4-17,26H,1-3H3,(H,32,33). The first-order chi connectivity index (χ1) is 17.0. The Morgan fingerprint density at radius 3 is 2.43 bits per heavy atom. The van der Waals surface area contributed by atoms with Crippen molar-refractivity contribution in [3.05, 3.63) is 107 Å². The van der Waals surface area contributed by atoms with Gasteiger partial charge in [-0.3, -0.25) is 4.79 Å². The molecule has 2 heterocycles. The van der Waals surface area contributed by atoms with Crippen LogP contribution in [-0.2, 0) is 4.79 Å². The summed E-state index contributed by atoms with van der Waals surface area (Å²) in [6.45, 7) is 6.12. The Labute approximate surface area is 213 Å². The Hall–Kier alpha value is -3.48. The molecule has 5 aromatic rings. The van der Waals surface area contributed by atoms with Crippen LogP contribution in [0, 0.1) is 20.8 Å². The van der Waals surface area contributed by atoms with Crippen LogP contribution in [0.3, 0.4) is 0 Å². The van der Waals surface area contributed by atoms with E-state index in [1.807, 2.05) is 56.3 Å². The molecule has 0 radical (unpaired) electrons. The van der Waals surface area contributed by atoms with Crippen LogP contribution in [-0.4, -0.2) is 15.9 Å². The molecule has 0 fully saturated rings. The number of carbonyl (C=O) groups is 1. The summed E-state index contributed by atoms with van der Waals surface area (Å²) in [4.78, 5) is 23.8. The molecule has 4 nitrogen and oxygen atoms in total. The number of aromatic nitrogens is 2. The number of nitrogens with zero attached hydrogens (tertiary/aromatic N) is 2.